The molecule has 0 spiro atoms. The van der Waals surface area contributed by atoms with E-state index in [4.69, 9.17) is 0 Å². The van der Waals surface area contributed by atoms with Gasteiger partial charge in [0.1, 0.15) is 0 Å². The lowest BCUT2D eigenvalue weighted by molar-refractivity contribution is 1.24. The molecular weight excluding hydrogens is 745 g/mol. The lowest BCUT2D eigenvalue weighted by Crippen LogP contribution is -2.37. The Kier molecular flexibility index (Phi) is 10.3. The number of halogens is 1. The fourth-order valence-electron chi connectivity index (χ4n) is 6.61. The van der Waals surface area contributed by atoms with E-state index in [9.17, 15) is 0 Å². The van der Waals surface area contributed by atoms with E-state index >= 15 is 0 Å². The van der Waals surface area contributed by atoms with Crippen molar-refractivity contribution in [1.82, 2.24) is 9.97 Å². The zero-order chi connectivity index (χ0) is 37.2. The van der Waals surface area contributed by atoms with Crippen molar-refractivity contribution in [3.8, 4) is 22.3 Å². The van der Waals surface area contributed by atoms with Crippen LogP contribution in [0.4, 0.5) is 34.1 Å². The van der Waals surface area contributed by atoms with Gasteiger partial charge in [0.2, 0.25) is 0 Å². The van der Waals surface area contributed by atoms with E-state index in [0.717, 1.165) is 60.9 Å². The average Bonchev–Trinajstić information content (AvgIpc) is 3.16. The predicted octanol–water partition coefficient (Wildman–Crippen LogP) is 12.6. The van der Waals surface area contributed by atoms with Crippen LogP contribution in [0.25, 0.3) is 22.3 Å². The monoisotopic (exact) mass is 788 g/mol. The molecule has 0 fully saturated rings. The summed E-state index contributed by atoms with van der Waals surface area (Å²) in [6.45, 7) is 14.4. The van der Waals surface area contributed by atoms with Gasteiger partial charge in [0.15, 0.2) is 0 Å². The molecule has 0 atom stereocenters. The van der Waals surface area contributed by atoms with E-state index in [0.29, 0.717) is 0 Å². The fourth-order valence-corrected chi connectivity index (χ4v) is 9.42. The summed E-state index contributed by atoms with van der Waals surface area (Å²) >= 11 is 3.95. The van der Waals surface area contributed by atoms with E-state index in [-0.39, 0.29) is 0 Å². The molecule has 0 amide bonds. The molecule has 7 aromatic rings. The molecule has 0 unspecified atom stereocenters. The van der Waals surface area contributed by atoms with E-state index in [1.54, 1.807) is 0 Å². The van der Waals surface area contributed by atoms with Crippen molar-refractivity contribution in [3.05, 3.63) is 169 Å². The molecule has 5 aromatic carbocycles. The second-order valence-electron chi connectivity index (χ2n) is 15.5. The van der Waals surface area contributed by atoms with Crippen molar-refractivity contribution < 1.29 is 0 Å². The van der Waals surface area contributed by atoms with Crippen LogP contribution in [0, 0.1) is 0 Å². The molecule has 53 heavy (non-hydrogen) atoms. The van der Waals surface area contributed by atoms with Crippen LogP contribution >= 0.6 is 15.9 Å². The first kappa shape index (κ1) is 36.3. The van der Waals surface area contributed by atoms with E-state index in [1.807, 2.05) is 36.9 Å². The highest BCUT2D eigenvalue weighted by atomic mass is 79.9. The summed E-state index contributed by atoms with van der Waals surface area (Å²) in [5, 5.41) is 2.85. The maximum absolute atomic E-state index is 4.35. The Morgan fingerprint density at radius 2 is 0.849 bits per heavy atom. The molecule has 0 aliphatic carbocycles. The molecule has 0 saturated heterocycles. The topological polar surface area (TPSA) is 32.3 Å². The number of pyridine rings is 2. The smallest absolute Gasteiger partial charge is 0.0776 e. The molecule has 0 bridgehead atoms. The lowest BCUT2D eigenvalue weighted by atomic mass is 10.1. The van der Waals surface area contributed by atoms with Crippen molar-refractivity contribution >= 4 is 76.6 Å². The highest BCUT2D eigenvalue weighted by Gasteiger charge is 2.23. The summed E-state index contributed by atoms with van der Waals surface area (Å²) < 4.78 is 0.999. The standard InChI is InChI=1S/C46H45BrN4Si2/c1-52(2,3)45-24-22-41(23-25-45)50(39-18-14-34(15-19-39)36-10-8-26-48-32-36)43-28-38(47)29-44(30-43)51(42-12-7-13-46(31-42)53(4,5)6)40-20-16-35(17-21-40)37-11-9-27-49-33-37/h7-33H,1-6H3. The lowest BCUT2D eigenvalue weighted by Gasteiger charge is -2.31. The fraction of sp³-hybridized carbons (Fsp3) is 0.130. The number of aromatic nitrogens is 2. The first-order valence-corrected chi connectivity index (χ1v) is 25.9. The maximum atomic E-state index is 4.35. The Balaban J connectivity index is 1.38. The molecule has 0 saturated carbocycles. The van der Waals surface area contributed by atoms with Gasteiger partial charge in [0.25, 0.3) is 0 Å². The first-order chi connectivity index (χ1) is 25.4. The highest BCUT2D eigenvalue weighted by molar-refractivity contribution is 9.10. The molecular formula is C46H45BrN4Si2. The molecule has 7 rings (SSSR count). The summed E-state index contributed by atoms with van der Waals surface area (Å²) in [7, 11) is -3.08. The van der Waals surface area contributed by atoms with Gasteiger partial charge in [-0.15, -0.1) is 0 Å². The largest absolute Gasteiger partial charge is 0.310 e. The van der Waals surface area contributed by atoms with Crippen LogP contribution in [-0.2, 0) is 0 Å². The maximum Gasteiger partial charge on any atom is 0.0776 e. The Morgan fingerprint density at radius 3 is 1.28 bits per heavy atom. The number of anilines is 6. The normalized spacial score (nSPS) is 11.7. The third kappa shape index (κ3) is 8.28. The van der Waals surface area contributed by atoms with Crippen molar-refractivity contribution in [2.45, 2.75) is 39.3 Å². The van der Waals surface area contributed by atoms with E-state index < -0.39 is 16.1 Å². The minimum absolute atomic E-state index is 0.999. The summed E-state index contributed by atoms with van der Waals surface area (Å²) in [4.78, 5) is 13.4. The van der Waals surface area contributed by atoms with Crippen molar-refractivity contribution in [3.63, 3.8) is 0 Å². The molecule has 264 valence electrons. The Morgan fingerprint density at radius 1 is 0.396 bits per heavy atom. The van der Waals surface area contributed by atoms with Crippen molar-refractivity contribution in [1.29, 1.82) is 0 Å². The van der Waals surface area contributed by atoms with Crippen LogP contribution in [0.2, 0.25) is 39.3 Å². The zero-order valence-corrected chi connectivity index (χ0v) is 34.8. The minimum atomic E-state index is -1.59. The quantitative estimate of drug-likeness (QED) is 0.129. The van der Waals surface area contributed by atoms with Crippen LogP contribution in [-0.4, -0.2) is 26.1 Å². The molecule has 2 heterocycles. The summed E-state index contributed by atoms with van der Waals surface area (Å²) in [6, 6.07) is 50.8. The number of hydrogen-bond acceptors (Lipinski definition) is 4. The minimum Gasteiger partial charge on any atom is -0.310 e. The SMILES string of the molecule is C[Si](C)(C)c1ccc(N(c2ccc(-c3cccnc3)cc2)c2cc(Br)cc(N(c3ccc(-c4cccnc4)cc3)c3cccc([Si](C)(C)C)c3)c2)cc1. The van der Waals surface area contributed by atoms with Crippen LogP contribution in [0.1, 0.15) is 0 Å². The van der Waals surface area contributed by atoms with Gasteiger partial charge in [0.05, 0.1) is 16.1 Å². The summed E-state index contributed by atoms with van der Waals surface area (Å²) in [5.41, 5.74) is 11.0. The molecule has 0 aliphatic heterocycles. The first-order valence-electron chi connectivity index (χ1n) is 18.1. The van der Waals surface area contributed by atoms with Crippen molar-refractivity contribution in [2.75, 3.05) is 9.80 Å². The molecule has 0 radical (unpaired) electrons. The van der Waals surface area contributed by atoms with Crippen LogP contribution < -0.4 is 20.2 Å². The number of benzene rings is 5. The van der Waals surface area contributed by atoms with Crippen LogP contribution in [0.5, 0.6) is 0 Å². The summed E-state index contributed by atoms with van der Waals surface area (Å²) in [6.07, 6.45) is 7.46. The Bertz CT molecular complexity index is 2300. The van der Waals surface area contributed by atoms with E-state index in [2.05, 4.69) is 202 Å². The van der Waals surface area contributed by atoms with E-state index in [1.165, 1.54) is 10.4 Å². The van der Waals surface area contributed by atoms with Crippen LogP contribution in [0.3, 0.4) is 0 Å². The van der Waals surface area contributed by atoms with Gasteiger partial charge in [-0.1, -0.05) is 126 Å². The average molecular weight is 790 g/mol. The predicted molar refractivity (Wildman–Crippen MR) is 236 cm³/mol. The van der Waals surface area contributed by atoms with Gasteiger partial charge in [-0.25, -0.2) is 0 Å². The Hall–Kier alpha value is -5.09. The van der Waals surface area contributed by atoms with Gasteiger partial charge in [-0.2, -0.15) is 0 Å². The molecule has 0 N–H and O–H groups in total. The number of rotatable bonds is 10. The zero-order valence-electron chi connectivity index (χ0n) is 31.3. The molecule has 0 aliphatic rings. The van der Waals surface area contributed by atoms with Crippen molar-refractivity contribution in [2.24, 2.45) is 0 Å². The second kappa shape index (κ2) is 15.1. The van der Waals surface area contributed by atoms with Gasteiger partial charge < -0.3 is 9.80 Å². The summed E-state index contributed by atoms with van der Waals surface area (Å²) in [5.74, 6) is 0. The third-order valence-corrected chi connectivity index (χ3v) is 14.2. The van der Waals surface area contributed by atoms with Gasteiger partial charge in [0, 0.05) is 63.4 Å². The van der Waals surface area contributed by atoms with Gasteiger partial charge >= 0.3 is 0 Å². The molecule has 4 nitrogen and oxygen atoms in total. The van der Waals surface area contributed by atoms with Gasteiger partial charge in [-0.05, 0) is 101 Å². The number of nitrogens with zero attached hydrogens (tertiary/aromatic N) is 4. The molecule has 2 aromatic heterocycles. The third-order valence-electron chi connectivity index (χ3n) is 9.59. The Labute approximate surface area is 325 Å². The highest BCUT2D eigenvalue weighted by Crippen LogP contribution is 2.43. The number of hydrogen-bond donors (Lipinski definition) is 0. The van der Waals surface area contributed by atoms with Crippen LogP contribution in [0.15, 0.2) is 169 Å². The van der Waals surface area contributed by atoms with Gasteiger partial charge in [-0.3, -0.25) is 9.97 Å². The second-order valence-corrected chi connectivity index (χ2v) is 26.6. The molecule has 7 heteroatoms.